The van der Waals surface area contributed by atoms with Gasteiger partial charge in [-0.2, -0.15) is 0 Å². The molecule has 0 aromatic carbocycles. The third-order valence-corrected chi connectivity index (χ3v) is 14.6. The number of nitrogens with zero attached hydrogens (tertiary/aromatic N) is 1. The molecule has 5 aromatic rings. The predicted molar refractivity (Wildman–Crippen MR) is 206 cm³/mol. The zero-order chi connectivity index (χ0) is 32.3. The van der Waals surface area contributed by atoms with Crippen LogP contribution in [-0.2, 0) is 24.1 Å². The minimum absolute atomic E-state index is 0.195. The average Bonchev–Trinajstić information content (AvgIpc) is 3.90. The van der Waals surface area contributed by atoms with E-state index >= 15 is 0 Å². The first-order chi connectivity index (χ1) is 22.5. The molecule has 0 bridgehead atoms. The highest BCUT2D eigenvalue weighted by Gasteiger charge is 2.17. The zero-order valence-corrected chi connectivity index (χ0v) is 31.2. The topological polar surface area (TPSA) is 33.5 Å². The lowest BCUT2D eigenvalue weighted by Gasteiger charge is -2.04. The molecule has 242 valence electrons. The highest BCUT2D eigenvalue weighted by Crippen LogP contribution is 2.45. The first kappa shape index (κ1) is 34.8. The number of amides is 1. The number of thiophene rings is 5. The van der Waals surface area contributed by atoms with E-state index in [2.05, 4.69) is 78.6 Å². The molecule has 0 unspecified atom stereocenters. The van der Waals surface area contributed by atoms with E-state index in [1.54, 1.807) is 28.7 Å². The lowest BCUT2D eigenvalue weighted by molar-refractivity contribution is -0.121. The normalized spacial score (nSPS) is 12.0. The minimum Gasteiger partial charge on any atom is -0.349 e. The third kappa shape index (κ3) is 9.29. The summed E-state index contributed by atoms with van der Waals surface area (Å²) in [5, 5.41) is 2.87. The van der Waals surface area contributed by atoms with Crippen molar-refractivity contribution < 1.29 is 4.79 Å². The predicted octanol–water partition coefficient (Wildman–Crippen LogP) is 12.9. The fourth-order valence-electron chi connectivity index (χ4n) is 5.43. The number of hydrogen-bond donors (Lipinski definition) is 1. The van der Waals surface area contributed by atoms with Crippen molar-refractivity contribution in [3.63, 3.8) is 0 Å². The van der Waals surface area contributed by atoms with Crippen LogP contribution < -0.4 is 5.32 Å². The fourth-order valence-corrected chi connectivity index (χ4v) is 11.1. The van der Waals surface area contributed by atoms with Gasteiger partial charge in [-0.1, -0.05) is 52.4 Å². The van der Waals surface area contributed by atoms with E-state index in [1.165, 1.54) is 108 Å². The van der Waals surface area contributed by atoms with Gasteiger partial charge in [-0.3, -0.25) is 4.79 Å². The van der Waals surface area contributed by atoms with Crippen molar-refractivity contribution in [2.75, 3.05) is 6.54 Å². The van der Waals surface area contributed by atoms with Gasteiger partial charge in [0.2, 0.25) is 0 Å². The average molecular weight is 705 g/mol. The molecule has 0 saturated heterocycles. The smallest absolute Gasteiger partial charge is 0.302 e. The van der Waals surface area contributed by atoms with Gasteiger partial charge in [0.15, 0.2) is 0 Å². The molecular weight excluding hydrogens is 661 g/mol. The van der Waals surface area contributed by atoms with Gasteiger partial charge in [0.1, 0.15) is 0 Å². The Kier molecular flexibility index (Phi) is 13.3. The second-order valence-corrected chi connectivity index (χ2v) is 17.3. The summed E-state index contributed by atoms with van der Waals surface area (Å²) in [6, 6.07) is 19.9. The second kappa shape index (κ2) is 17.6. The molecule has 0 aliphatic heterocycles. The highest BCUT2D eigenvalue weighted by atomic mass is 32.1. The highest BCUT2D eigenvalue weighted by molar-refractivity contribution is 7.29. The fraction of sp³-hybridized carbons (Fsp3) is 0.421. The maximum absolute atomic E-state index is 11.9. The van der Waals surface area contributed by atoms with Gasteiger partial charge in [-0.15, -0.1) is 56.7 Å². The summed E-state index contributed by atoms with van der Waals surface area (Å²) in [4.78, 5) is 28.7. The number of rotatable bonds is 18. The molecule has 3 nitrogen and oxygen atoms in total. The van der Waals surface area contributed by atoms with Crippen molar-refractivity contribution in [2.45, 2.75) is 97.4 Å². The number of nitrogens with one attached hydrogen (secondary N) is 1. The van der Waals surface area contributed by atoms with Gasteiger partial charge < -0.3 is 10.2 Å². The Morgan fingerprint density at radius 3 is 1.70 bits per heavy atom. The maximum Gasteiger partial charge on any atom is 0.302 e. The van der Waals surface area contributed by atoms with E-state index in [0.29, 0.717) is 6.54 Å². The van der Waals surface area contributed by atoms with Gasteiger partial charge in [0.25, 0.3) is 6.04 Å². The number of carbonyl (C=O) groups is 1. The molecule has 1 atom stereocenters. The van der Waals surface area contributed by atoms with E-state index in [9.17, 15) is 4.79 Å². The van der Waals surface area contributed by atoms with Gasteiger partial charge in [0.05, 0.1) is 0 Å². The van der Waals surface area contributed by atoms with Crippen LogP contribution in [0.1, 0.15) is 87.5 Å². The van der Waals surface area contributed by atoms with Crippen LogP contribution >= 0.6 is 56.7 Å². The lowest BCUT2D eigenvalue weighted by Crippen LogP contribution is -2.32. The lowest BCUT2D eigenvalue weighted by atomic mass is 10.0. The molecule has 0 spiro atoms. The molecule has 1 amide bonds. The molecule has 0 radical (unpaired) electrons. The van der Waals surface area contributed by atoms with Gasteiger partial charge in [-0.05, 0) is 92.3 Å². The van der Waals surface area contributed by atoms with Gasteiger partial charge in [0, 0.05) is 62.2 Å². The number of carbonyl (C=O) groups excluding carboxylic acids is 1. The first-order valence-electron chi connectivity index (χ1n) is 16.6. The van der Waals surface area contributed by atoms with E-state index in [0.717, 1.165) is 6.42 Å². The summed E-state index contributed by atoms with van der Waals surface area (Å²) in [7, 11) is 0. The molecule has 46 heavy (non-hydrogen) atoms. The number of unbranched alkanes of at least 4 members (excludes halogenated alkanes) is 6. The minimum atomic E-state index is -0.625. The molecule has 5 rings (SSSR count). The number of hydrogen-bond acceptors (Lipinski definition) is 6. The maximum atomic E-state index is 11.9. The van der Waals surface area contributed by atoms with Crippen LogP contribution in [0.5, 0.6) is 0 Å². The molecule has 0 aliphatic rings. The van der Waals surface area contributed by atoms with Crippen LogP contribution in [0.3, 0.4) is 0 Å². The Morgan fingerprint density at radius 2 is 1.15 bits per heavy atom. The van der Waals surface area contributed by atoms with Crippen molar-refractivity contribution in [2.24, 2.45) is 0 Å². The molecule has 1 N–H and O–H groups in total. The van der Waals surface area contributed by atoms with Gasteiger partial charge >= 0.3 is 5.91 Å². The molecular formula is C38H44N2OS5. The second-order valence-electron chi connectivity index (χ2n) is 11.8. The molecule has 5 heterocycles. The quantitative estimate of drug-likeness (QED) is 0.0715. The Balaban J connectivity index is 1.23. The largest absolute Gasteiger partial charge is 0.349 e. The van der Waals surface area contributed by atoms with E-state index in [4.69, 9.17) is 6.57 Å². The van der Waals surface area contributed by atoms with E-state index in [-0.39, 0.29) is 5.91 Å². The Morgan fingerprint density at radius 1 is 0.652 bits per heavy atom. The van der Waals surface area contributed by atoms with Crippen molar-refractivity contribution in [3.05, 3.63) is 81.3 Å². The zero-order valence-electron chi connectivity index (χ0n) is 27.2. The summed E-state index contributed by atoms with van der Waals surface area (Å²) in [6.07, 6.45) is 13.8. The van der Waals surface area contributed by atoms with Gasteiger partial charge in [-0.25, -0.2) is 6.57 Å². The Hall–Kier alpha value is -2.54. The Labute approximate surface area is 295 Å². The van der Waals surface area contributed by atoms with Crippen LogP contribution in [0.4, 0.5) is 0 Å². The first-order valence-corrected chi connectivity index (χ1v) is 20.7. The standard InChI is InChI=1S/C38H44N2OS5/c1-5-7-9-11-13-27-25-37(43-29(27)14-12-10-8-6-2)36-22-21-35(46-36)34-20-19-33(45-34)32-18-17-31(44-32)30-16-15-28(42-30)23-24-40-38(41)26(3)39-4/h15-22,25-26H,5-14,23-24H2,1-3H3,(H,40,41)/t26-/m0/s1. The summed E-state index contributed by atoms with van der Waals surface area (Å²) in [6.45, 7) is 13.8. The van der Waals surface area contributed by atoms with E-state index < -0.39 is 6.04 Å². The van der Waals surface area contributed by atoms with Crippen molar-refractivity contribution in [1.29, 1.82) is 0 Å². The summed E-state index contributed by atoms with van der Waals surface area (Å²) >= 11 is 9.49. The molecule has 8 heteroatoms. The molecule has 0 saturated carbocycles. The van der Waals surface area contributed by atoms with Crippen molar-refractivity contribution >= 4 is 62.6 Å². The Bertz CT molecular complexity index is 1700. The number of aryl methyl sites for hydroxylation is 2. The summed E-state index contributed by atoms with van der Waals surface area (Å²) in [5.41, 5.74) is 1.60. The molecule has 5 aromatic heterocycles. The van der Waals surface area contributed by atoms with Crippen LogP contribution in [0.15, 0.2) is 54.6 Å². The summed E-state index contributed by atoms with van der Waals surface area (Å²) < 4.78 is 0. The van der Waals surface area contributed by atoms with Crippen molar-refractivity contribution in [1.82, 2.24) is 5.32 Å². The molecule has 0 aliphatic carbocycles. The summed E-state index contributed by atoms with van der Waals surface area (Å²) in [5.74, 6) is -0.195. The van der Waals surface area contributed by atoms with E-state index in [1.807, 2.05) is 45.3 Å². The SMILES string of the molecule is [C-]#[N+][C@@H](C)C(=O)NCCc1ccc(-c2ccc(-c3ccc(-c4ccc(-c5cc(CCCCCC)c(CCCCCC)s5)s4)s3)s2)s1. The van der Waals surface area contributed by atoms with Crippen LogP contribution in [0.25, 0.3) is 43.9 Å². The third-order valence-electron chi connectivity index (χ3n) is 8.15. The molecule has 0 fully saturated rings. The van der Waals surface area contributed by atoms with Crippen LogP contribution in [0.2, 0.25) is 0 Å². The van der Waals surface area contributed by atoms with Crippen LogP contribution in [0, 0.1) is 6.57 Å². The monoisotopic (exact) mass is 704 g/mol. The van der Waals surface area contributed by atoms with Crippen molar-refractivity contribution in [3.8, 4) is 39.0 Å². The van der Waals surface area contributed by atoms with Crippen LogP contribution in [-0.4, -0.2) is 18.5 Å².